The summed E-state index contributed by atoms with van der Waals surface area (Å²) in [4.78, 5) is 13.7. The molecule has 1 aliphatic rings. The van der Waals surface area contributed by atoms with Gasteiger partial charge < -0.3 is 0 Å². The number of fused-ring (bicyclic) bond motifs is 4. The molecule has 0 saturated carbocycles. The van der Waals surface area contributed by atoms with Crippen LogP contribution in [0.3, 0.4) is 0 Å². The van der Waals surface area contributed by atoms with Gasteiger partial charge in [-0.1, -0.05) is 38.1 Å². The molecule has 0 radical (unpaired) electrons. The normalized spacial score (nSPS) is 13.7. The topological polar surface area (TPSA) is 38.7 Å². The van der Waals surface area contributed by atoms with Crippen LogP contribution in [-0.4, -0.2) is 15.0 Å². The van der Waals surface area contributed by atoms with Crippen molar-refractivity contribution in [1.29, 1.82) is 0 Å². The highest BCUT2D eigenvalue weighted by molar-refractivity contribution is 5.92. The van der Waals surface area contributed by atoms with Crippen LogP contribution < -0.4 is 0 Å². The van der Waals surface area contributed by atoms with Crippen LogP contribution in [0.1, 0.15) is 25.0 Å². The van der Waals surface area contributed by atoms with E-state index in [1.165, 1.54) is 27.6 Å². The molecule has 148 valence electrons. The molecule has 0 fully saturated rings. The lowest BCUT2D eigenvalue weighted by molar-refractivity contribution is 0.661. The number of nitrogens with zero attached hydrogens (tertiary/aromatic N) is 3. The van der Waals surface area contributed by atoms with Crippen molar-refractivity contribution in [3.63, 3.8) is 0 Å². The Morgan fingerprint density at radius 2 is 1.42 bits per heavy atom. The first-order valence-corrected chi connectivity index (χ1v) is 10.5. The summed E-state index contributed by atoms with van der Waals surface area (Å²) in [5.41, 5.74) is 10.3. The predicted octanol–water partition coefficient (Wildman–Crippen LogP) is 6.67. The van der Waals surface area contributed by atoms with Crippen molar-refractivity contribution in [2.75, 3.05) is 0 Å². The van der Waals surface area contributed by atoms with Gasteiger partial charge in [0.05, 0.1) is 16.9 Å². The summed E-state index contributed by atoms with van der Waals surface area (Å²) < 4.78 is 0. The van der Waals surface area contributed by atoms with E-state index in [2.05, 4.69) is 72.3 Å². The van der Waals surface area contributed by atoms with Gasteiger partial charge in [0.2, 0.25) is 0 Å². The maximum Gasteiger partial charge on any atom is 0.0717 e. The first-order valence-electron chi connectivity index (χ1n) is 10.5. The molecule has 6 rings (SSSR count). The minimum Gasteiger partial charge on any atom is -0.256 e. The fourth-order valence-corrected chi connectivity index (χ4v) is 4.71. The number of hydrogen-bond donors (Lipinski definition) is 0. The van der Waals surface area contributed by atoms with E-state index in [4.69, 9.17) is 4.98 Å². The molecule has 3 nitrogen and oxygen atoms in total. The number of hydrogen-bond acceptors (Lipinski definition) is 3. The molecule has 0 bridgehead atoms. The summed E-state index contributed by atoms with van der Waals surface area (Å²) in [7, 11) is 0. The average molecular weight is 399 g/mol. The number of pyridine rings is 3. The number of benzene rings is 2. The molecule has 1 aliphatic carbocycles. The first kappa shape index (κ1) is 18.0. The third-order valence-corrected chi connectivity index (χ3v) is 6.42. The van der Waals surface area contributed by atoms with Crippen LogP contribution in [-0.2, 0) is 5.41 Å². The van der Waals surface area contributed by atoms with E-state index in [1.807, 2.05) is 42.9 Å². The predicted molar refractivity (Wildman–Crippen MR) is 126 cm³/mol. The summed E-state index contributed by atoms with van der Waals surface area (Å²) >= 11 is 0. The Bertz CT molecular complexity index is 1440. The summed E-state index contributed by atoms with van der Waals surface area (Å²) in [6.45, 7) is 4.60. The number of aromatic nitrogens is 3. The molecule has 0 spiro atoms. The smallest absolute Gasteiger partial charge is 0.0717 e. The molecule has 0 atom stereocenters. The maximum absolute atomic E-state index is 4.74. The molecule has 0 aliphatic heterocycles. The Morgan fingerprint density at radius 3 is 2.23 bits per heavy atom. The molecule has 0 amide bonds. The second-order valence-corrected chi connectivity index (χ2v) is 8.63. The second kappa shape index (κ2) is 6.58. The standard InChI is InChI=1S/C28H21N3/c1-28(2)23-15-19(26-11-9-20(17-31-26)25-7-3-4-12-29-25)8-10-21(23)22-14-18-6-5-13-30-27(18)16-24(22)28/h3-17H,1-2H3. The van der Waals surface area contributed by atoms with E-state index in [0.717, 1.165) is 28.0 Å². The van der Waals surface area contributed by atoms with Crippen LogP contribution in [0.5, 0.6) is 0 Å². The molecule has 3 heterocycles. The lowest BCUT2D eigenvalue weighted by Crippen LogP contribution is -2.15. The molecule has 2 aromatic carbocycles. The Labute approximate surface area is 181 Å². The highest BCUT2D eigenvalue weighted by Crippen LogP contribution is 2.50. The summed E-state index contributed by atoms with van der Waals surface area (Å²) in [5.74, 6) is 0. The quantitative estimate of drug-likeness (QED) is 0.333. The van der Waals surface area contributed by atoms with Gasteiger partial charge in [0, 0.05) is 40.5 Å². The minimum absolute atomic E-state index is 0.0830. The van der Waals surface area contributed by atoms with Gasteiger partial charge in [-0.15, -0.1) is 0 Å². The largest absolute Gasteiger partial charge is 0.256 e. The summed E-state index contributed by atoms with van der Waals surface area (Å²) in [6, 6.07) is 25.5. The van der Waals surface area contributed by atoms with Gasteiger partial charge in [-0.3, -0.25) is 15.0 Å². The third kappa shape index (κ3) is 2.77. The molecule has 3 aromatic heterocycles. The van der Waals surface area contributed by atoms with Crippen LogP contribution in [0.4, 0.5) is 0 Å². The lowest BCUT2D eigenvalue weighted by Gasteiger charge is -2.22. The Kier molecular flexibility index (Phi) is 3.81. The molecule has 0 N–H and O–H groups in total. The van der Waals surface area contributed by atoms with Crippen molar-refractivity contribution in [3.8, 4) is 33.6 Å². The van der Waals surface area contributed by atoms with Crippen molar-refractivity contribution in [3.05, 3.63) is 103 Å². The van der Waals surface area contributed by atoms with Crippen molar-refractivity contribution in [2.45, 2.75) is 19.3 Å². The van der Waals surface area contributed by atoms with Crippen LogP contribution >= 0.6 is 0 Å². The zero-order valence-electron chi connectivity index (χ0n) is 17.5. The minimum atomic E-state index is -0.0830. The lowest BCUT2D eigenvalue weighted by atomic mass is 9.81. The fraction of sp³-hybridized carbons (Fsp3) is 0.107. The van der Waals surface area contributed by atoms with Crippen LogP contribution in [0.15, 0.2) is 91.4 Å². The van der Waals surface area contributed by atoms with Crippen molar-refractivity contribution in [2.24, 2.45) is 0 Å². The van der Waals surface area contributed by atoms with Crippen molar-refractivity contribution in [1.82, 2.24) is 15.0 Å². The van der Waals surface area contributed by atoms with Crippen molar-refractivity contribution < 1.29 is 0 Å². The van der Waals surface area contributed by atoms with Crippen LogP contribution in [0, 0.1) is 0 Å². The molecule has 5 aromatic rings. The van der Waals surface area contributed by atoms with E-state index in [1.54, 1.807) is 0 Å². The van der Waals surface area contributed by atoms with E-state index in [-0.39, 0.29) is 5.41 Å². The van der Waals surface area contributed by atoms with E-state index >= 15 is 0 Å². The van der Waals surface area contributed by atoms with Gasteiger partial charge in [-0.2, -0.15) is 0 Å². The monoisotopic (exact) mass is 399 g/mol. The van der Waals surface area contributed by atoms with E-state index in [0.29, 0.717) is 0 Å². The van der Waals surface area contributed by atoms with Crippen molar-refractivity contribution >= 4 is 10.9 Å². The maximum atomic E-state index is 4.74. The van der Waals surface area contributed by atoms with Gasteiger partial charge in [0.15, 0.2) is 0 Å². The first-order chi connectivity index (χ1) is 15.1. The molecule has 31 heavy (non-hydrogen) atoms. The molecule has 0 saturated heterocycles. The highest BCUT2D eigenvalue weighted by atomic mass is 14.7. The molecular weight excluding hydrogens is 378 g/mol. The van der Waals surface area contributed by atoms with Gasteiger partial charge >= 0.3 is 0 Å². The van der Waals surface area contributed by atoms with E-state index < -0.39 is 0 Å². The van der Waals surface area contributed by atoms with Gasteiger partial charge in [0.1, 0.15) is 0 Å². The average Bonchev–Trinajstić information content (AvgIpc) is 3.04. The molecule has 3 heteroatoms. The Hall–Kier alpha value is -3.85. The van der Waals surface area contributed by atoms with Gasteiger partial charge in [0.25, 0.3) is 0 Å². The number of rotatable bonds is 2. The van der Waals surface area contributed by atoms with Gasteiger partial charge in [-0.05, 0) is 70.8 Å². The SMILES string of the molecule is CC1(C)c2cc(-c3ccc(-c4ccccn4)cn3)ccc2-c2cc3cccnc3cc21. The molecular formula is C28H21N3. The second-order valence-electron chi connectivity index (χ2n) is 8.63. The third-order valence-electron chi connectivity index (χ3n) is 6.42. The van der Waals surface area contributed by atoms with Crippen LogP contribution in [0.2, 0.25) is 0 Å². The Morgan fingerprint density at radius 1 is 0.613 bits per heavy atom. The fourth-order valence-electron chi connectivity index (χ4n) is 4.71. The van der Waals surface area contributed by atoms with Crippen LogP contribution in [0.25, 0.3) is 44.5 Å². The zero-order chi connectivity index (χ0) is 21.0. The summed E-state index contributed by atoms with van der Waals surface area (Å²) in [6.07, 6.45) is 5.58. The van der Waals surface area contributed by atoms with E-state index in [9.17, 15) is 0 Å². The summed E-state index contributed by atoms with van der Waals surface area (Å²) in [5, 5.41) is 1.18. The Balaban J connectivity index is 1.44. The zero-order valence-corrected chi connectivity index (χ0v) is 17.5. The molecule has 0 unspecified atom stereocenters. The highest BCUT2D eigenvalue weighted by Gasteiger charge is 2.36. The van der Waals surface area contributed by atoms with Gasteiger partial charge in [-0.25, -0.2) is 0 Å².